The van der Waals surface area contributed by atoms with Gasteiger partial charge in [0.2, 0.25) is 0 Å². The summed E-state index contributed by atoms with van der Waals surface area (Å²) in [6, 6.07) is 9.87. The zero-order valence-electron chi connectivity index (χ0n) is 15.8. The molecule has 0 N–H and O–H groups in total. The number of carbonyl (C=O) groups is 1. The summed E-state index contributed by atoms with van der Waals surface area (Å²) in [6.45, 7) is 4.74. The molecule has 5 heteroatoms. The van der Waals surface area contributed by atoms with Gasteiger partial charge in [-0.2, -0.15) is 0 Å². The second-order valence-corrected chi connectivity index (χ2v) is 7.34. The number of fused-ring (bicyclic) bond motifs is 1. The maximum absolute atomic E-state index is 13.1. The largest absolute Gasteiger partial charge is 0.338 e. The highest BCUT2D eigenvalue weighted by Crippen LogP contribution is 2.27. The summed E-state index contributed by atoms with van der Waals surface area (Å²) in [6.07, 6.45) is 10.1. The first-order valence-corrected chi connectivity index (χ1v) is 9.91. The lowest BCUT2D eigenvalue weighted by Gasteiger charge is -2.32. The predicted octanol–water partition coefficient (Wildman–Crippen LogP) is 4.25. The number of carbonyl (C=O) groups excluding carboxylic acids is 1. The number of para-hydroxylation sites is 1. The predicted molar refractivity (Wildman–Crippen MR) is 107 cm³/mol. The van der Waals surface area contributed by atoms with Crippen molar-refractivity contribution in [1.82, 2.24) is 19.4 Å². The zero-order chi connectivity index (χ0) is 18.6. The summed E-state index contributed by atoms with van der Waals surface area (Å²) < 4.78 is 2.26. The van der Waals surface area contributed by atoms with Crippen LogP contribution in [0.25, 0.3) is 10.9 Å². The third kappa shape index (κ3) is 3.72. The highest BCUT2D eigenvalue weighted by atomic mass is 16.2. The van der Waals surface area contributed by atoms with E-state index in [2.05, 4.69) is 27.7 Å². The van der Waals surface area contributed by atoms with Gasteiger partial charge in [0, 0.05) is 49.5 Å². The van der Waals surface area contributed by atoms with Crippen molar-refractivity contribution in [2.24, 2.45) is 0 Å². The zero-order valence-corrected chi connectivity index (χ0v) is 15.8. The number of likely N-dealkylation sites (tertiary alicyclic amines) is 1. The van der Waals surface area contributed by atoms with E-state index in [1.807, 2.05) is 41.4 Å². The van der Waals surface area contributed by atoms with Gasteiger partial charge >= 0.3 is 0 Å². The minimum absolute atomic E-state index is 0.0737. The van der Waals surface area contributed by atoms with Crippen molar-refractivity contribution in [3.05, 3.63) is 60.3 Å². The van der Waals surface area contributed by atoms with Crippen LogP contribution in [0.4, 0.5) is 0 Å². The Morgan fingerprint density at radius 1 is 1.26 bits per heavy atom. The molecule has 1 aliphatic heterocycles. The average Bonchev–Trinajstić information content (AvgIpc) is 3.20. The van der Waals surface area contributed by atoms with Crippen molar-refractivity contribution in [3.63, 3.8) is 0 Å². The van der Waals surface area contributed by atoms with Gasteiger partial charge in [0.25, 0.3) is 5.91 Å². The summed E-state index contributed by atoms with van der Waals surface area (Å²) in [5.41, 5.74) is 1.59. The van der Waals surface area contributed by atoms with E-state index in [4.69, 9.17) is 0 Å². The molecule has 0 spiro atoms. The van der Waals surface area contributed by atoms with Crippen LogP contribution < -0.4 is 0 Å². The van der Waals surface area contributed by atoms with E-state index in [9.17, 15) is 4.79 Å². The van der Waals surface area contributed by atoms with Crippen LogP contribution in [0.1, 0.15) is 54.7 Å². The lowest BCUT2D eigenvalue weighted by atomic mass is 9.96. The number of amides is 1. The van der Waals surface area contributed by atoms with Crippen LogP contribution in [0.3, 0.4) is 0 Å². The number of piperidine rings is 1. The molecule has 1 atom stereocenters. The fraction of sp³-hybridized carbons (Fsp3) is 0.409. The molecule has 1 saturated heterocycles. The molecule has 0 aliphatic carbocycles. The minimum atomic E-state index is 0.0737. The van der Waals surface area contributed by atoms with Crippen molar-refractivity contribution in [1.29, 1.82) is 0 Å². The monoisotopic (exact) mass is 362 g/mol. The van der Waals surface area contributed by atoms with Gasteiger partial charge in [-0.05, 0) is 31.4 Å². The molecule has 3 heterocycles. The Balaban J connectivity index is 1.52. The first-order chi connectivity index (χ1) is 13.3. The third-order valence-electron chi connectivity index (χ3n) is 5.41. The standard InChI is InChI=1S/C22H26N4O/c1-2-3-11-25-13-10-23-21(25)18-8-6-12-26(16-18)22(27)19-14-17-7-4-5-9-20(17)24-15-19/h4-5,7,9-10,13-15,18H,2-3,6,8,11-12,16H2,1H3/t18-/m1/s1. The van der Waals surface area contributed by atoms with Gasteiger partial charge < -0.3 is 9.47 Å². The molecule has 1 aromatic carbocycles. The van der Waals surface area contributed by atoms with Crippen LogP contribution in [0.5, 0.6) is 0 Å². The maximum atomic E-state index is 13.1. The van der Waals surface area contributed by atoms with Crippen LogP contribution in [0.2, 0.25) is 0 Å². The van der Waals surface area contributed by atoms with Crippen LogP contribution in [-0.2, 0) is 6.54 Å². The maximum Gasteiger partial charge on any atom is 0.255 e. The Kier molecular flexibility index (Phi) is 5.19. The molecule has 140 valence electrons. The second kappa shape index (κ2) is 7.91. The number of benzene rings is 1. The molecule has 1 fully saturated rings. The Hall–Kier alpha value is -2.69. The molecule has 0 radical (unpaired) electrons. The number of unbranched alkanes of at least 4 members (excludes halogenated alkanes) is 1. The van der Waals surface area contributed by atoms with Crippen molar-refractivity contribution in [3.8, 4) is 0 Å². The van der Waals surface area contributed by atoms with Gasteiger partial charge in [-0.25, -0.2) is 4.98 Å². The van der Waals surface area contributed by atoms with Crippen LogP contribution >= 0.6 is 0 Å². The van der Waals surface area contributed by atoms with E-state index in [0.29, 0.717) is 11.5 Å². The van der Waals surface area contributed by atoms with Crippen LogP contribution in [0, 0.1) is 0 Å². The summed E-state index contributed by atoms with van der Waals surface area (Å²) in [5, 5.41) is 1.01. The smallest absolute Gasteiger partial charge is 0.255 e. The molecule has 0 unspecified atom stereocenters. The summed E-state index contributed by atoms with van der Waals surface area (Å²) in [4.78, 5) is 24.1. The quantitative estimate of drug-likeness (QED) is 0.682. The molecule has 0 bridgehead atoms. The van der Waals surface area contributed by atoms with E-state index in [1.54, 1.807) is 6.20 Å². The molecule has 1 aliphatic rings. The van der Waals surface area contributed by atoms with Gasteiger partial charge in [0.15, 0.2) is 0 Å². The van der Waals surface area contributed by atoms with Gasteiger partial charge in [0.1, 0.15) is 5.82 Å². The van der Waals surface area contributed by atoms with Gasteiger partial charge in [-0.15, -0.1) is 0 Å². The van der Waals surface area contributed by atoms with E-state index < -0.39 is 0 Å². The number of aryl methyl sites for hydroxylation is 1. The number of imidazole rings is 1. The molecule has 5 nitrogen and oxygen atoms in total. The molecular weight excluding hydrogens is 336 g/mol. The molecule has 3 aromatic rings. The van der Waals surface area contributed by atoms with Crippen LogP contribution in [-0.4, -0.2) is 38.4 Å². The Morgan fingerprint density at radius 2 is 2.15 bits per heavy atom. The lowest BCUT2D eigenvalue weighted by molar-refractivity contribution is 0.0703. The average molecular weight is 362 g/mol. The van der Waals surface area contributed by atoms with E-state index >= 15 is 0 Å². The van der Waals surface area contributed by atoms with Gasteiger partial charge in [-0.1, -0.05) is 31.5 Å². The number of rotatable bonds is 5. The van der Waals surface area contributed by atoms with Crippen molar-refractivity contribution in [2.75, 3.05) is 13.1 Å². The SMILES string of the molecule is CCCCn1ccnc1[C@@H]1CCCN(C(=O)c2cnc3ccccc3c2)C1. The van der Waals surface area contributed by atoms with Crippen molar-refractivity contribution in [2.45, 2.75) is 45.1 Å². The molecule has 27 heavy (non-hydrogen) atoms. The van der Waals surface area contributed by atoms with E-state index in [0.717, 1.165) is 55.6 Å². The van der Waals surface area contributed by atoms with E-state index in [1.165, 1.54) is 6.42 Å². The summed E-state index contributed by atoms with van der Waals surface area (Å²) in [7, 11) is 0. The third-order valence-corrected chi connectivity index (χ3v) is 5.41. The number of pyridine rings is 1. The number of hydrogen-bond donors (Lipinski definition) is 0. The number of hydrogen-bond acceptors (Lipinski definition) is 3. The van der Waals surface area contributed by atoms with Crippen molar-refractivity contribution < 1.29 is 4.79 Å². The number of aromatic nitrogens is 3. The lowest BCUT2D eigenvalue weighted by Crippen LogP contribution is -2.39. The number of nitrogens with zero attached hydrogens (tertiary/aromatic N) is 4. The Bertz CT molecular complexity index is 933. The second-order valence-electron chi connectivity index (χ2n) is 7.34. The topological polar surface area (TPSA) is 51.0 Å². The summed E-state index contributed by atoms with van der Waals surface area (Å²) in [5.74, 6) is 1.50. The molecule has 0 saturated carbocycles. The van der Waals surface area contributed by atoms with Crippen molar-refractivity contribution >= 4 is 16.8 Å². The van der Waals surface area contributed by atoms with Gasteiger partial charge in [0.05, 0.1) is 11.1 Å². The normalized spacial score (nSPS) is 17.4. The first-order valence-electron chi connectivity index (χ1n) is 9.91. The Labute approximate surface area is 160 Å². The Morgan fingerprint density at radius 3 is 3.04 bits per heavy atom. The fourth-order valence-corrected chi connectivity index (χ4v) is 3.94. The molecular formula is C22H26N4O. The first kappa shape index (κ1) is 17.7. The molecule has 4 rings (SSSR count). The summed E-state index contributed by atoms with van der Waals surface area (Å²) >= 11 is 0. The highest BCUT2D eigenvalue weighted by Gasteiger charge is 2.28. The fourth-order valence-electron chi connectivity index (χ4n) is 3.94. The van der Waals surface area contributed by atoms with Gasteiger partial charge in [-0.3, -0.25) is 9.78 Å². The molecule has 2 aromatic heterocycles. The molecule has 1 amide bonds. The minimum Gasteiger partial charge on any atom is -0.338 e. The van der Waals surface area contributed by atoms with Crippen LogP contribution in [0.15, 0.2) is 48.9 Å². The highest BCUT2D eigenvalue weighted by molar-refractivity contribution is 5.97. The van der Waals surface area contributed by atoms with E-state index in [-0.39, 0.29) is 5.91 Å².